The monoisotopic (exact) mass is 244 g/mol. The number of nitrogens with zero attached hydrogens (tertiary/aromatic N) is 1. The fraction of sp³-hybridized carbons (Fsp3) is 0.267. The summed E-state index contributed by atoms with van der Waals surface area (Å²) in [6, 6.07) is 1.76. The third-order valence-electron chi connectivity index (χ3n) is 2.59. The van der Waals surface area contributed by atoms with Crippen molar-refractivity contribution in [3.05, 3.63) is 60.5 Å². The van der Waals surface area contributed by atoms with E-state index >= 15 is 0 Å². The van der Waals surface area contributed by atoms with Crippen LogP contribution in [0.2, 0.25) is 0 Å². The molecule has 0 aliphatic heterocycles. The van der Waals surface area contributed by atoms with Crippen molar-refractivity contribution < 1.29 is 4.74 Å². The summed E-state index contributed by atoms with van der Waals surface area (Å²) in [5.74, 6) is 0.762. The lowest BCUT2D eigenvalue weighted by atomic mass is 10.1. The Morgan fingerprint density at radius 2 is 2.22 bits per heavy atom. The van der Waals surface area contributed by atoms with Gasteiger partial charge in [-0.05, 0) is 31.1 Å². The Morgan fingerprint density at radius 1 is 1.50 bits per heavy atom. The zero-order chi connectivity index (χ0) is 13.5. The number of nitrogens with two attached hydrogens (primary N) is 1. The summed E-state index contributed by atoms with van der Waals surface area (Å²) in [4.78, 5) is 4.20. The Bertz CT molecular complexity index is 464. The molecule has 3 nitrogen and oxygen atoms in total. The highest BCUT2D eigenvalue weighted by molar-refractivity contribution is 5.31. The van der Waals surface area contributed by atoms with E-state index in [0.717, 1.165) is 22.6 Å². The van der Waals surface area contributed by atoms with E-state index in [-0.39, 0.29) is 6.04 Å². The van der Waals surface area contributed by atoms with E-state index in [0.29, 0.717) is 6.61 Å². The third-order valence-corrected chi connectivity index (χ3v) is 2.59. The number of rotatable bonds is 6. The van der Waals surface area contributed by atoms with Crippen LogP contribution in [0.4, 0.5) is 0 Å². The highest BCUT2D eigenvalue weighted by atomic mass is 16.5. The molecule has 0 saturated heterocycles. The summed E-state index contributed by atoms with van der Waals surface area (Å²) in [6.07, 6.45) is 6.97. The summed E-state index contributed by atoms with van der Waals surface area (Å²) in [6.45, 7) is 11.7. The van der Waals surface area contributed by atoms with E-state index in [4.69, 9.17) is 10.5 Å². The molecule has 1 heterocycles. The predicted molar refractivity (Wildman–Crippen MR) is 75.7 cm³/mol. The number of hydrogen-bond donors (Lipinski definition) is 1. The minimum Gasteiger partial charge on any atom is -0.490 e. The van der Waals surface area contributed by atoms with Gasteiger partial charge in [0.25, 0.3) is 0 Å². The van der Waals surface area contributed by atoms with Crippen molar-refractivity contribution in [3.63, 3.8) is 0 Å². The molecule has 0 aliphatic rings. The highest BCUT2D eigenvalue weighted by Crippen LogP contribution is 2.17. The number of allylic oxidation sites excluding steroid dienone is 2. The van der Waals surface area contributed by atoms with Crippen LogP contribution in [0.25, 0.3) is 0 Å². The van der Waals surface area contributed by atoms with Gasteiger partial charge in [-0.2, -0.15) is 0 Å². The number of ether oxygens (including phenoxy) is 1. The minimum absolute atomic E-state index is 0.221. The number of aryl methyl sites for hydroxylation is 2. The average molecular weight is 244 g/mol. The SMILES string of the molecule is C=C/C=C(\C=C)C(N)COc1cnc(C)cc1C. The van der Waals surface area contributed by atoms with Gasteiger partial charge in [0.1, 0.15) is 12.4 Å². The summed E-state index contributed by atoms with van der Waals surface area (Å²) in [7, 11) is 0. The molecule has 0 fully saturated rings. The normalized spacial score (nSPS) is 12.9. The van der Waals surface area contributed by atoms with Gasteiger partial charge >= 0.3 is 0 Å². The van der Waals surface area contributed by atoms with E-state index in [1.165, 1.54) is 0 Å². The quantitative estimate of drug-likeness (QED) is 0.783. The minimum atomic E-state index is -0.221. The fourth-order valence-electron chi connectivity index (χ4n) is 1.59. The van der Waals surface area contributed by atoms with Gasteiger partial charge in [0.05, 0.1) is 12.2 Å². The van der Waals surface area contributed by atoms with E-state index in [1.807, 2.05) is 26.0 Å². The Hall–Kier alpha value is -1.87. The van der Waals surface area contributed by atoms with Gasteiger partial charge in [0.2, 0.25) is 0 Å². The molecule has 0 bridgehead atoms. The van der Waals surface area contributed by atoms with Crippen LogP contribution in [0, 0.1) is 13.8 Å². The Labute approximate surface area is 109 Å². The second-order valence-electron chi connectivity index (χ2n) is 4.12. The van der Waals surface area contributed by atoms with E-state index in [1.54, 1.807) is 18.3 Å². The molecule has 0 radical (unpaired) electrons. The van der Waals surface area contributed by atoms with Crippen LogP contribution in [-0.2, 0) is 0 Å². The van der Waals surface area contributed by atoms with Crippen LogP contribution in [0.15, 0.2) is 49.2 Å². The predicted octanol–water partition coefficient (Wildman–Crippen LogP) is 2.70. The van der Waals surface area contributed by atoms with Crippen LogP contribution >= 0.6 is 0 Å². The first-order valence-corrected chi connectivity index (χ1v) is 5.85. The average Bonchev–Trinajstić information content (AvgIpc) is 2.34. The molecule has 96 valence electrons. The Kier molecular flexibility index (Phi) is 5.33. The van der Waals surface area contributed by atoms with Crippen LogP contribution in [0.5, 0.6) is 5.75 Å². The summed E-state index contributed by atoms with van der Waals surface area (Å²) in [5.41, 5.74) is 8.95. The summed E-state index contributed by atoms with van der Waals surface area (Å²) >= 11 is 0. The van der Waals surface area contributed by atoms with Crippen LogP contribution in [-0.4, -0.2) is 17.6 Å². The van der Waals surface area contributed by atoms with Gasteiger partial charge in [-0.3, -0.25) is 4.98 Å². The molecule has 0 aliphatic carbocycles. The molecule has 0 aromatic carbocycles. The third kappa shape index (κ3) is 3.86. The van der Waals surface area contributed by atoms with Gasteiger partial charge in [-0.15, -0.1) is 0 Å². The fourth-order valence-corrected chi connectivity index (χ4v) is 1.59. The van der Waals surface area contributed by atoms with Crippen molar-refractivity contribution in [2.75, 3.05) is 6.61 Å². The lowest BCUT2D eigenvalue weighted by Gasteiger charge is -2.15. The molecule has 3 heteroatoms. The molecule has 18 heavy (non-hydrogen) atoms. The molecule has 0 amide bonds. The maximum Gasteiger partial charge on any atom is 0.140 e. The van der Waals surface area contributed by atoms with Crippen molar-refractivity contribution in [1.82, 2.24) is 4.98 Å². The van der Waals surface area contributed by atoms with Gasteiger partial charge in [-0.1, -0.05) is 31.4 Å². The molecule has 1 atom stereocenters. The molecule has 0 spiro atoms. The molecular weight excluding hydrogens is 224 g/mol. The van der Waals surface area contributed by atoms with Crippen molar-refractivity contribution >= 4 is 0 Å². The molecule has 1 aromatic rings. The molecule has 2 N–H and O–H groups in total. The first-order chi connectivity index (χ1) is 8.58. The van der Waals surface area contributed by atoms with E-state index < -0.39 is 0 Å². The van der Waals surface area contributed by atoms with Gasteiger partial charge in [0, 0.05) is 5.69 Å². The second kappa shape index (κ2) is 6.77. The summed E-state index contributed by atoms with van der Waals surface area (Å²) in [5, 5.41) is 0. The first-order valence-electron chi connectivity index (χ1n) is 5.85. The van der Waals surface area contributed by atoms with Gasteiger partial charge < -0.3 is 10.5 Å². The van der Waals surface area contributed by atoms with Crippen LogP contribution in [0.1, 0.15) is 11.3 Å². The van der Waals surface area contributed by atoms with Gasteiger partial charge in [-0.25, -0.2) is 0 Å². The zero-order valence-corrected chi connectivity index (χ0v) is 11.0. The van der Waals surface area contributed by atoms with Crippen LogP contribution in [0.3, 0.4) is 0 Å². The lowest BCUT2D eigenvalue weighted by molar-refractivity contribution is 0.300. The van der Waals surface area contributed by atoms with Crippen molar-refractivity contribution in [3.8, 4) is 5.75 Å². The van der Waals surface area contributed by atoms with Gasteiger partial charge in [0.15, 0.2) is 0 Å². The standard InChI is InChI=1S/C15H20N2O/c1-5-7-13(6-2)14(16)10-18-15-9-17-12(4)8-11(15)3/h5-9,14H,1-2,10,16H2,3-4H3/b13-7+. The molecule has 0 saturated carbocycles. The topological polar surface area (TPSA) is 48.1 Å². The smallest absolute Gasteiger partial charge is 0.140 e. The number of hydrogen-bond acceptors (Lipinski definition) is 3. The van der Waals surface area contributed by atoms with E-state index in [9.17, 15) is 0 Å². The maximum atomic E-state index is 6.01. The summed E-state index contributed by atoms with van der Waals surface area (Å²) < 4.78 is 5.67. The van der Waals surface area contributed by atoms with Crippen molar-refractivity contribution in [2.45, 2.75) is 19.9 Å². The van der Waals surface area contributed by atoms with E-state index in [2.05, 4.69) is 18.1 Å². The highest BCUT2D eigenvalue weighted by Gasteiger charge is 2.08. The van der Waals surface area contributed by atoms with Crippen molar-refractivity contribution in [1.29, 1.82) is 0 Å². The zero-order valence-electron chi connectivity index (χ0n) is 11.0. The van der Waals surface area contributed by atoms with Crippen molar-refractivity contribution in [2.24, 2.45) is 5.73 Å². The molecular formula is C15H20N2O. The first kappa shape index (κ1) is 14.2. The number of pyridine rings is 1. The van der Waals surface area contributed by atoms with Crippen LogP contribution < -0.4 is 10.5 Å². The Morgan fingerprint density at radius 3 is 2.78 bits per heavy atom. The molecule has 1 rings (SSSR count). The number of aromatic nitrogens is 1. The molecule has 1 unspecified atom stereocenters. The largest absolute Gasteiger partial charge is 0.490 e. The maximum absolute atomic E-state index is 6.01. The lowest BCUT2D eigenvalue weighted by Crippen LogP contribution is -2.29. The second-order valence-corrected chi connectivity index (χ2v) is 4.12. The molecule has 1 aromatic heterocycles. The Balaban J connectivity index is 2.67.